The molecule has 0 N–H and O–H groups in total. The number of aromatic nitrogens is 2. The molecule has 2 aliphatic heterocycles. The zero-order chi connectivity index (χ0) is 17.1. The van der Waals surface area contributed by atoms with Crippen LogP contribution >= 0.6 is 0 Å². The maximum absolute atomic E-state index is 13.2. The second-order valence-corrected chi connectivity index (χ2v) is 7.20. The van der Waals surface area contributed by atoms with Crippen LogP contribution in [0, 0.1) is 19.8 Å². The average molecular weight is 334 g/mol. The first kappa shape index (κ1) is 17.4. The minimum absolute atomic E-state index is 0.129. The fourth-order valence-electron chi connectivity index (χ4n) is 3.82. The number of hydrogen-bond donors (Lipinski definition) is 0. The minimum Gasteiger partial charge on any atom is -0.381 e. The van der Waals surface area contributed by atoms with Gasteiger partial charge in [-0.05, 0) is 46.2 Å². The normalized spacial score (nSPS) is 21.5. The maximum Gasteiger partial charge on any atom is 0.257 e. The topological polar surface area (TPSA) is 50.6 Å². The van der Waals surface area contributed by atoms with Crippen molar-refractivity contribution in [1.82, 2.24) is 19.6 Å². The summed E-state index contributed by atoms with van der Waals surface area (Å²) in [6, 6.07) is 0. The number of hydrogen-bond acceptors (Lipinski definition) is 4. The number of rotatable bonds is 6. The number of aryl methyl sites for hydroxylation is 2. The molecule has 6 heteroatoms. The van der Waals surface area contributed by atoms with Crippen molar-refractivity contribution >= 4 is 5.91 Å². The molecule has 1 unspecified atom stereocenters. The highest BCUT2D eigenvalue weighted by Crippen LogP contribution is 2.19. The van der Waals surface area contributed by atoms with E-state index in [1.807, 2.05) is 25.8 Å². The van der Waals surface area contributed by atoms with Crippen molar-refractivity contribution in [1.29, 1.82) is 0 Å². The van der Waals surface area contributed by atoms with Crippen LogP contribution in [0.2, 0.25) is 0 Å². The van der Waals surface area contributed by atoms with E-state index in [4.69, 9.17) is 4.74 Å². The molecule has 3 heterocycles. The predicted octanol–water partition coefficient (Wildman–Crippen LogP) is 1.61. The number of nitrogens with zero attached hydrogens (tertiary/aromatic N) is 4. The van der Waals surface area contributed by atoms with Crippen molar-refractivity contribution in [3.63, 3.8) is 0 Å². The van der Waals surface area contributed by atoms with E-state index in [0.29, 0.717) is 5.92 Å². The Kier molecular flexibility index (Phi) is 5.56. The smallest absolute Gasteiger partial charge is 0.257 e. The van der Waals surface area contributed by atoms with Crippen LogP contribution < -0.4 is 0 Å². The predicted molar refractivity (Wildman–Crippen MR) is 93.2 cm³/mol. The summed E-state index contributed by atoms with van der Waals surface area (Å²) >= 11 is 0. The van der Waals surface area contributed by atoms with E-state index in [2.05, 4.69) is 10.00 Å². The third-order valence-electron chi connectivity index (χ3n) is 5.40. The van der Waals surface area contributed by atoms with Crippen molar-refractivity contribution in [3.8, 4) is 0 Å². The summed E-state index contributed by atoms with van der Waals surface area (Å²) in [5.41, 5.74) is 2.55. The summed E-state index contributed by atoms with van der Waals surface area (Å²) in [5.74, 6) is 0.592. The summed E-state index contributed by atoms with van der Waals surface area (Å²) < 4.78 is 7.31. The van der Waals surface area contributed by atoms with E-state index in [1.165, 1.54) is 25.9 Å². The Hall–Kier alpha value is -1.40. The monoisotopic (exact) mass is 334 g/mol. The summed E-state index contributed by atoms with van der Waals surface area (Å²) in [4.78, 5) is 17.7. The van der Waals surface area contributed by atoms with Gasteiger partial charge in [-0.25, -0.2) is 0 Å². The number of ether oxygens (including phenoxy) is 1. The average Bonchev–Trinajstić information content (AvgIpc) is 3.28. The summed E-state index contributed by atoms with van der Waals surface area (Å²) in [6.45, 7) is 10.4. The van der Waals surface area contributed by atoms with Gasteiger partial charge < -0.3 is 14.5 Å². The SMILES string of the molecule is Cc1nn(C)c(C)c1C(=O)N(CCN1CCCC1)CC1CCOC1. The summed E-state index contributed by atoms with van der Waals surface area (Å²) in [6.07, 6.45) is 3.62. The molecule has 0 radical (unpaired) electrons. The minimum atomic E-state index is 0.129. The Morgan fingerprint density at radius 3 is 2.67 bits per heavy atom. The highest BCUT2D eigenvalue weighted by molar-refractivity contribution is 5.96. The molecule has 2 fully saturated rings. The lowest BCUT2D eigenvalue weighted by Gasteiger charge is -2.27. The Morgan fingerprint density at radius 1 is 1.33 bits per heavy atom. The van der Waals surface area contributed by atoms with Gasteiger partial charge >= 0.3 is 0 Å². The van der Waals surface area contributed by atoms with Gasteiger partial charge in [0.1, 0.15) is 0 Å². The van der Waals surface area contributed by atoms with Crippen molar-refractivity contribution in [2.24, 2.45) is 13.0 Å². The van der Waals surface area contributed by atoms with Gasteiger partial charge in [0, 0.05) is 44.9 Å². The molecule has 2 aliphatic rings. The fourth-order valence-corrected chi connectivity index (χ4v) is 3.82. The second kappa shape index (κ2) is 7.66. The molecule has 1 aromatic rings. The summed E-state index contributed by atoms with van der Waals surface area (Å²) in [5, 5.41) is 4.42. The van der Waals surface area contributed by atoms with Gasteiger partial charge in [-0.2, -0.15) is 5.10 Å². The largest absolute Gasteiger partial charge is 0.381 e. The van der Waals surface area contributed by atoms with E-state index < -0.39 is 0 Å². The molecular formula is C18H30N4O2. The van der Waals surface area contributed by atoms with Crippen molar-refractivity contribution in [3.05, 3.63) is 17.0 Å². The van der Waals surface area contributed by atoms with E-state index in [1.54, 1.807) is 4.68 Å². The molecular weight excluding hydrogens is 304 g/mol. The molecule has 2 saturated heterocycles. The second-order valence-electron chi connectivity index (χ2n) is 7.20. The van der Waals surface area contributed by atoms with Crippen LogP contribution in [0.3, 0.4) is 0 Å². The van der Waals surface area contributed by atoms with Gasteiger partial charge in [0.25, 0.3) is 5.91 Å². The highest BCUT2D eigenvalue weighted by Gasteiger charge is 2.27. The van der Waals surface area contributed by atoms with Gasteiger partial charge in [0.05, 0.1) is 17.9 Å². The van der Waals surface area contributed by atoms with E-state index in [9.17, 15) is 4.79 Å². The lowest BCUT2D eigenvalue weighted by Crippen LogP contribution is -2.41. The first-order valence-corrected chi connectivity index (χ1v) is 9.16. The fraction of sp³-hybridized carbons (Fsp3) is 0.778. The molecule has 134 valence electrons. The number of carbonyl (C=O) groups excluding carboxylic acids is 1. The number of amides is 1. The Labute approximate surface area is 144 Å². The maximum atomic E-state index is 13.2. The van der Waals surface area contributed by atoms with Crippen LogP contribution in [0.15, 0.2) is 0 Å². The van der Waals surface area contributed by atoms with E-state index >= 15 is 0 Å². The van der Waals surface area contributed by atoms with Crippen molar-refractivity contribution < 1.29 is 9.53 Å². The molecule has 24 heavy (non-hydrogen) atoms. The number of carbonyl (C=O) groups is 1. The van der Waals surface area contributed by atoms with Crippen LogP contribution in [-0.4, -0.2) is 71.4 Å². The first-order chi connectivity index (χ1) is 11.6. The molecule has 3 rings (SSSR count). The Balaban J connectivity index is 1.72. The number of likely N-dealkylation sites (tertiary alicyclic amines) is 1. The van der Waals surface area contributed by atoms with Gasteiger partial charge in [-0.3, -0.25) is 9.48 Å². The molecule has 1 aromatic heterocycles. The van der Waals surface area contributed by atoms with E-state index in [0.717, 1.165) is 56.2 Å². The molecule has 6 nitrogen and oxygen atoms in total. The highest BCUT2D eigenvalue weighted by atomic mass is 16.5. The lowest BCUT2D eigenvalue weighted by molar-refractivity contribution is 0.0702. The standard InChI is InChI=1S/C18H30N4O2/c1-14-17(15(2)20(3)19-14)18(23)22(12-16-6-11-24-13-16)10-9-21-7-4-5-8-21/h16H,4-13H2,1-3H3. The molecule has 0 aromatic carbocycles. The van der Waals surface area contributed by atoms with E-state index in [-0.39, 0.29) is 5.91 Å². The van der Waals surface area contributed by atoms with Crippen LogP contribution in [0.4, 0.5) is 0 Å². The third kappa shape index (κ3) is 3.81. The van der Waals surface area contributed by atoms with Crippen molar-refractivity contribution in [2.45, 2.75) is 33.1 Å². The zero-order valence-electron chi connectivity index (χ0n) is 15.3. The van der Waals surface area contributed by atoms with Crippen molar-refractivity contribution in [2.75, 3.05) is 45.9 Å². The van der Waals surface area contributed by atoms with Crippen LogP contribution in [0.5, 0.6) is 0 Å². The molecule has 0 bridgehead atoms. The Bertz CT molecular complexity index is 572. The third-order valence-corrected chi connectivity index (χ3v) is 5.40. The van der Waals surface area contributed by atoms with Gasteiger partial charge in [-0.1, -0.05) is 0 Å². The van der Waals surface area contributed by atoms with Crippen LogP contribution in [0.25, 0.3) is 0 Å². The molecule has 0 spiro atoms. The molecule has 0 aliphatic carbocycles. The van der Waals surface area contributed by atoms with Gasteiger partial charge in [0.2, 0.25) is 0 Å². The lowest BCUT2D eigenvalue weighted by atomic mass is 10.1. The van der Waals surface area contributed by atoms with Crippen LogP contribution in [0.1, 0.15) is 41.0 Å². The quantitative estimate of drug-likeness (QED) is 0.793. The first-order valence-electron chi connectivity index (χ1n) is 9.16. The van der Waals surface area contributed by atoms with Gasteiger partial charge in [0.15, 0.2) is 0 Å². The Morgan fingerprint density at radius 2 is 2.08 bits per heavy atom. The zero-order valence-corrected chi connectivity index (χ0v) is 15.3. The summed E-state index contributed by atoms with van der Waals surface area (Å²) in [7, 11) is 1.90. The molecule has 0 saturated carbocycles. The molecule has 1 atom stereocenters. The van der Waals surface area contributed by atoms with Gasteiger partial charge in [-0.15, -0.1) is 0 Å². The molecule has 1 amide bonds. The van der Waals surface area contributed by atoms with Crippen LogP contribution in [-0.2, 0) is 11.8 Å².